The number of pyridine rings is 1. The summed E-state index contributed by atoms with van der Waals surface area (Å²) in [5, 5.41) is 0. The second-order valence-electron chi connectivity index (χ2n) is 3.95. The minimum absolute atomic E-state index is 0.0719. The lowest BCUT2D eigenvalue weighted by Gasteiger charge is -2.06. The van der Waals surface area contributed by atoms with Crippen LogP contribution in [-0.2, 0) is 0 Å². The van der Waals surface area contributed by atoms with E-state index in [0.717, 1.165) is 0 Å². The molecule has 0 atom stereocenters. The van der Waals surface area contributed by atoms with E-state index in [1.165, 1.54) is 25.3 Å². The predicted molar refractivity (Wildman–Crippen MR) is 65.5 cm³/mol. The molecule has 0 N–H and O–H groups in total. The molecule has 0 saturated carbocycles. The van der Waals surface area contributed by atoms with Gasteiger partial charge >= 0.3 is 0 Å². The van der Waals surface area contributed by atoms with E-state index in [-0.39, 0.29) is 17.5 Å². The fourth-order valence-corrected chi connectivity index (χ4v) is 1.44. The molecule has 3 nitrogen and oxygen atoms in total. The summed E-state index contributed by atoms with van der Waals surface area (Å²) in [6.45, 7) is 3.14. The quantitative estimate of drug-likeness (QED) is 0.776. The zero-order chi connectivity index (χ0) is 13.1. The normalized spacial score (nSPS) is 10.2. The van der Waals surface area contributed by atoms with Gasteiger partial charge in [-0.05, 0) is 31.5 Å². The van der Waals surface area contributed by atoms with Gasteiger partial charge < -0.3 is 4.74 Å². The Hall–Kier alpha value is -2.23. The third-order valence-corrected chi connectivity index (χ3v) is 2.51. The van der Waals surface area contributed by atoms with Crippen molar-refractivity contribution >= 4 is 5.78 Å². The van der Waals surface area contributed by atoms with Crippen LogP contribution in [-0.4, -0.2) is 10.8 Å². The summed E-state index contributed by atoms with van der Waals surface area (Å²) in [7, 11) is 0. The summed E-state index contributed by atoms with van der Waals surface area (Å²) in [5.74, 6) is 0.213. The van der Waals surface area contributed by atoms with Crippen LogP contribution in [0.25, 0.3) is 0 Å². The number of aryl methyl sites for hydroxylation is 1. The first kappa shape index (κ1) is 12.2. The molecule has 0 bridgehead atoms. The minimum Gasteiger partial charge on any atom is -0.439 e. The molecule has 92 valence electrons. The van der Waals surface area contributed by atoms with Gasteiger partial charge in [-0.1, -0.05) is 6.07 Å². The number of carbonyl (C=O) groups is 1. The van der Waals surface area contributed by atoms with Crippen molar-refractivity contribution in [3.8, 4) is 11.6 Å². The highest BCUT2D eigenvalue weighted by atomic mass is 19.1. The van der Waals surface area contributed by atoms with Crippen molar-refractivity contribution in [2.45, 2.75) is 13.8 Å². The molecule has 0 radical (unpaired) electrons. The molecule has 2 aromatic rings. The Labute approximate surface area is 104 Å². The van der Waals surface area contributed by atoms with Crippen molar-refractivity contribution < 1.29 is 13.9 Å². The smallest absolute Gasteiger partial charge is 0.219 e. The maximum absolute atomic E-state index is 13.3. The first-order valence-corrected chi connectivity index (χ1v) is 5.47. The van der Waals surface area contributed by atoms with Crippen molar-refractivity contribution in [3.63, 3.8) is 0 Å². The van der Waals surface area contributed by atoms with Gasteiger partial charge in [-0.25, -0.2) is 9.37 Å². The molecular formula is C14H12FNO2. The fourth-order valence-electron chi connectivity index (χ4n) is 1.44. The zero-order valence-corrected chi connectivity index (χ0v) is 10.1. The molecule has 18 heavy (non-hydrogen) atoms. The van der Waals surface area contributed by atoms with Crippen molar-refractivity contribution in [3.05, 3.63) is 53.5 Å². The number of ketones is 1. The highest BCUT2D eigenvalue weighted by Gasteiger charge is 2.05. The van der Waals surface area contributed by atoms with Crippen molar-refractivity contribution in [2.75, 3.05) is 0 Å². The van der Waals surface area contributed by atoms with Crippen molar-refractivity contribution in [1.29, 1.82) is 0 Å². The number of hydrogen-bond donors (Lipinski definition) is 0. The molecule has 0 aliphatic rings. The van der Waals surface area contributed by atoms with E-state index in [1.54, 1.807) is 25.1 Å². The molecule has 0 fully saturated rings. The van der Waals surface area contributed by atoms with Crippen LogP contribution in [0, 0.1) is 12.7 Å². The molecule has 2 rings (SSSR count). The average molecular weight is 245 g/mol. The first-order chi connectivity index (χ1) is 8.56. The second kappa shape index (κ2) is 4.96. The summed E-state index contributed by atoms with van der Waals surface area (Å²) in [6.07, 6.45) is 1.48. The van der Waals surface area contributed by atoms with Crippen LogP contribution in [0.15, 0.2) is 36.5 Å². The zero-order valence-electron chi connectivity index (χ0n) is 10.1. The molecular weight excluding hydrogens is 233 g/mol. The maximum atomic E-state index is 13.3. The number of rotatable bonds is 3. The van der Waals surface area contributed by atoms with E-state index in [9.17, 15) is 9.18 Å². The molecule has 0 aliphatic carbocycles. The standard InChI is InChI=1S/C14H12FNO2/c1-9-3-4-12(8-13(9)15)18-14-7-11(10(2)17)5-6-16-14/h3-8H,1-2H3. The lowest BCUT2D eigenvalue weighted by molar-refractivity contribution is 0.101. The first-order valence-electron chi connectivity index (χ1n) is 5.47. The Morgan fingerprint density at radius 1 is 1.28 bits per heavy atom. The number of nitrogens with zero attached hydrogens (tertiary/aromatic N) is 1. The number of aromatic nitrogens is 1. The summed E-state index contributed by atoms with van der Waals surface area (Å²) >= 11 is 0. The van der Waals surface area contributed by atoms with Crippen LogP contribution >= 0.6 is 0 Å². The molecule has 0 unspecified atom stereocenters. The fraction of sp³-hybridized carbons (Fsp3) is 0.143. The van der Waals surface area contributed by atoms with Crippen LogP contribution in [0.2, 0.25) is 0 Å². The van der Waals surface area contributed by atoms with E-state index in [2.05, 4.69) is 4.98 Å². The molecule has 0 spiro atoms. The highest BCUT2D eigenvalue weighted by molar-refractivity contribution is 5.94. The third kappa shape index (κ3) is 2.71. The van der Waals surface area contributed by atoms with E-state index in [4.69, 9.17) is 4.74 Å². The molecule has 1 aromatic carbocycles. The number of benzene rings is 1. The molecule has 4 heteroatoms. The topological polar surface area (TPSA) is 39.2 Å². The van der Waals surface area contributed by atoms with E-state index in [0.29, 0.717) is 16.9 Å². The summed E-state index contributed by atoms with van der Waals surface area (Å²) in [6, 6.07) is 7.70. The number of halogens is 1. The Kier molecular flexibility index (Phi) is 3.37. The second-order valence-corrected chi connectivity index (χ2v) is 3.95. The molecule has 1 aromatic heterocycles. The molecule has 0 amide bonds. The van der Waals surface area contributed by atoms with Crippen LogP contribution in [0.5, 0.6) is 11.6 Å². The van der Waals surface area contributed by atoms with Crippen LogP contribution < -0.4 is 4.74 Å². The highest BCUT2D eigenvalue weighted by Crippen LogP contribution is 2.22. The molecule has 0 aliphatic heterocycles. The average Bonchev–Trinajstić information content (AvgIpc) is 2.34. The Morgan fingerprint density at radius 3 is 2.72 bits per heavy atom. The summed E-state index contributed by atoms with van der Waals surface area (Å²) in [5.41, 5.74) is 1.06. The largest absolute Gasteiger partial charge is 0.439 e. The van der Waals surface area contributed by atoms with E-state index >= 15 is 0 Å². The molecule has 1 heterocycles. The summed E-state index contributed by atoms with van der Waals surface area (Å²) in [4.78, 5) is 15.2. The van der Waals surface area contributed by atoms with Gasteiger partial charge in [-0.15, -0.1) is 0 Å². The van der Waals surface area contributed by atoms with Gasteiger partial charge in [0.25, 0.3) is 0 Å². The van der Waals surface area contributed by atoms with Crippen molar-refractivity contribution in [1.82, 2.24) is 4.98 Å². The number of hydrogen-bond acceptors (Lipinski definition) is 3. The van der Waals surface area contributed by atoms with Gasteiger partial charge in [0.05, 0.1) is 0 Å². The SMILES string of the molecule is CC(=O)c1ccnc(Oc2ccc(C)c(F)c2)c1. The minimum atomic E-state index is -0.338. The van der Waals surface area contributed by atoms with Gasteiger partial charge in [0.15, 0.2) is 5.78 Å². The number of Topliss-reactive ketones (excluding diaryl/α,β-unsaturated/α-hetero) is 1. The van der Waals surface area contributed by atoms with Gasteiger partial charge in [0, 0.05) is 23.9 Å². The third-order valence-electron chi connectivity index (χ3n) is 2.51. The summed E-state index contributed by atoms with van der Waals surface area (Å²) < 4.78 is 18.7. The lowest BCUT2D eigenvalue weighted by Crippen LogP contribution is -1.95. The monoisotopic (exact) mass is 245 g/mol. The maximum Gasteiger partial charge on any atom is 0.219 e. The Bertz CT molecular complexity index is 596. The van der Waals surface area contributed by atoms with E-state index < -0.39 is 0 Å². The predicted octanol–water partition coefficient (Wildman–Crippen LogP) is 3.52. The molecule has 0 saturated heterocycles. The van der Waals surface area contributed by atoms with Gasteiger partial charge in [-0.2, -0.15) is 0 Å². The lowest BCUT2D eigenvalue weighted by atomic mass is 10.2. The van der Waals surface area contributed by atoms with Crippen LogP contribution in [0.4, 0.5) is 4.39 Å². The van der Waals surface area contributed by atoms with E-state index in [1.807, 2.05) is 0 Å². The Balaban J connectivity index is 2.25. The van der Waals surface area contributed by atoms with Gasteiger partial charge in [0.1, 0.15) is 11.6 Å². The van der Waals surface area contributed by atoms with Crippen LogP contribution in [0.3, 0.4) is 0 Å². The van der Waals surface area contributed by atoms with Gasteiger partial charge in [-0.3, -0.25) is 4.79 Å². The number of ether oxygens (including phenoxy) is 1. The van der Waals surface area contributed by atoms with Gasteiger partial charge in [0.2, 0.25) is 5.88 Å². The Morgan fingerprint density at radius 2 is 2.06 bits per heavy atom. The van der Waals surface area contributed by atoms with Crippen molar-refractivity contribution in [2.24, 2.45) is 0 Å². The van der Waals surface area contributed by atoms with Crippen LogP contribution in [0.1, 0.15) is 22.8 Å². The number of carbonyl (C=O) groups excluding carboxylic acids is 1.